The van der Waals surface area contributed by atoms with Crippen LogP contribution in [0.15, 0.2) is 30.3 Å². The van der Waals surface area contributed by atoms with Crippen LogP contribution in [0.4, 0.5) is 0 Å². The molecule has 0 radical (unpaired) electrons. The summed E-state index contributed by atoms with van der Waals surface area (Å²) in [5.74, 6) is 1.31. The largest absolute Gasteiger partial charge is 0.490 e. The molecule has 2 N–H and O–H groups in total. The van der Waals surface area contributed by atoms with E-state index < -0.39 is 0 Å². The van der Waals surface area contributed by atoms with Gasteiger partial charge >= 0.3 is 0 Å². The second kappa shape index (κ2) is 6.86. The van der Waals surface area contributed by atoms with E-state index in [9.17, 15) is 0 Å². The Morgan fingerprint density at radius 3 is 2.40 bits per heavy atom. The van der Waals surface area contributed by atoms with Gasteiger partial charge in [-0.15, -0.1) is 5.10 Å². The summed E-state index contributed by atoms with van der Waals surface area (Å²) in [5.41, 5.74) is 8.54. The summed E-state index contributed by atoms with van der Waals surface area (Å²) in [4.78, 5) is 0. The van der Waals surface area contributed by atoms with Gasteiger partial charge in [-0.05, 0) is 31.5 Å². The van der Waals surface area contributed by atoms with Crippen molar-refractivity contribution >= 4 is 0 Å². The molecule has 0 saturated heterocycles. The van der Waals surface area contributed by atoms with Crippen LogP contribution in [0, 0.1) is 13.8 Å². The third kappa shape index (κ3) is 3.45. The van der Waals surface area contributed by atoms with E-state index in [4.69, 9.17) is 15.2 Å². The lowest BCUT2D eigenvalue weighted by atomic mass is 10.1. The highest BCUT2D eigenvalue weighted by Gasteiger charge is 2.10. The average Bonchev–Trinajstić information content (AvgIpc) is 2.48. The number of aryl methyl sites for hydroxylation is 1. The molecule has 1 heterocycles. The maximum atomic E-state index is 5.74. The molecule has 0 atom stereocenters. The van der Waals surface area contributed by atoms with Crippen molar-refractivity contribution in [2.75, 3.05) is 13.2 Å². The van der Waals surface area contributed by atoms with Crippen molar-refractivity contribution in [1.29, 1.82) is 0 Å². The fourth-order valence-electron chi connectivity index (χ4n) is 1.81. The highest BCUT2D eigenvalue weighted by molar-refractivity contribution is 5.35. The lowest BCUT2D eigenvalue weighted by Crippen LogP contribution is -2.14. The van der Waals surface area contributed by atoms with Gasteiger partial charge < -0.3 is 15.2 Å². The molecule has 20 heavy (non-hydrogen) atoms. The van der Waals surface area contributed by atoms with Crippen LogP contribution in [0.5, 0.6) is 11.6 Å². The van der Waals surface area contributed by atoms with Gasteiger partial charge in [0.25, 0.3) is 0 Å². The van der Waals surface area contributed by atoms with Gasteiger partial charge in [0, 0.05) is 12.1 Å². The number of benzene rings is 1. The maximum Gasteiger partial charge on any atom is 0.238 e. The third-order valence-electron chi connectivity index (χ3n) is 3.08. The second-order valence-electron chi connectivity index (χ2n) is 4.41. The molecule has 2 rings (SSSR count). The van der Waals surface area contributed by atoms with Crippen LogP contribution < -0.4 is 15.2 Å². The monoisotopic (exact) mass is 273 g/mol. The number of hydrogen-bond acceptors (Lipinski definition) is 5. The minimum Gasteiger partial charge on any atom is -0.490 e. The van der Waals surface area contributed by atoms with Crippen LogP contribution in [-0.2, 0) is 6.54 Å². The van der Waals surface area contributed by atoms with E-state index in [1.807, 2.05) is 44.2 Å². The Kier molecular flexibility index (Phi) is 4.90. The smallest absolute Gasteiger partial charge is 0.238 e. The van der Waals surface area contributed by atoms with E-state index in [1.54, 1.807) is 0 Å². The summed E-state index contributed by atoms with van der Waals surface area (Å²) in [7, 11) is 0. The van der Waals surface area contributed by atoms with Gasteiger partial charge in [-0.3, -0.25) is 0 Å². The zero-order valence-corrected chi connectivity index (χ0v) is 11.8. The summed E-state index contributed by atoms with van der Waals surface area (Å²) in [6.07, 6.45) is 0. The Morgan fingerprint density at radius 1 is 1.00 bits per heavy atom. The fourth-order valence-corrected chi connectivity index (χ4v) is 1.81. The highest BCUT2D eigenvalue weighted by atomic mass is 16.5. The Bertz CT molecular complexity index is 559. The molecular formula is C15H19N3O2. The SMILES string of the molecule is Cc1nnc(OCCOc2ccccc2)c(CN)c1C. The Balaban J connectivity index is 1.90. The summed E-state index contributed by atoms with van der Waals surface area (Å²) < 4.78 is 11.2. The van der Waals surface area contributed by atoms with Crippen LogP contribution in [0.2, 0.25) is 0 Å². The molecule has 0 aliphatic carbocycles. The molecule has 0 amide bonds. The first-order valence-corrected chi connectivity index (χ1v) is 6.56. The van der Waals surface area contributed by atoms with E-state index in [0.717, 1.165) is 22.6 Å². The molecule has 0 bridgehead atoms. The zero-order chi connectivity index (χ0) is 14.4. The summed E-state index contributed by atoms with van der Waals surface area (Å²) >= 11 is 0. The van der Waals surface area contributed by atoms with Gasteiger partial charge in [0.2, 0.25) is 5.88 Å². The molecule has 5 nitrogen and oxygen atoms in total. The fraction of sp³-hybridized carbons (Fsp3) is 0.333. The normalized spacial score (nSPS) is 10.3. The van der Waals surface area contributed by atoms with Crippen molar-refractivity contribution in [3.8, 4) is 11.6 Å². The average molecular weight is 273 g/mol. The number of para-hydroxylation sites is 1. The molecule has 0 unspecified atom stereocenters. The van der Waals surface area contributed by atoms with Crippen molar-refractivity contribution in [1.82, 2.24) is 10.2 Å². The van der Waals surface area contributed by atoms with Crippen molar-refractivity contribution in [3.63, 3.8) is 0 Å². The van der Waals surface area contributed by atoms with Crippen LogP contribution in [0.25, 0.3) is 0 Å². The zero-order valence-electron chi connectivity index (χ0n) is 11.8. The summed E-state index contributed by atoms with van der Waals surface area (Å²) in [5, 5.41) is 8.10. The third-order valence-corrected chi connectivity index (χ3v) is 3.08. The molecule has 0 aliphatic heterocycles. The maximum absolute atomic E-state index is 5.74. The number of nitrogens with zero attached hydrogens (tertiary/aromatic N) is 2. The van der Waals surface area contributed by atoms with Crippen LogP contribution >= 0.6 is 0 Å². The summed E-state index contributed by atoms with van der Waals surface area (Å²) in [6, 6.07) is 9.61. The first kappa shape index (κ1) is 14.3. The van der Waals surface area contributed by atoms with Crippen molar-refractivity contribution in [2.45, 2.75) is 20.4 Å². The van der Waals surface area contributed by atoms with Gasteiger partial charge in [0.15, 0.2) is 0 Å². The molecule has 1 aromatic heterocycles. The van der Waals surface area contributed by atoms with Crippen LogP contribution in [0.1, 0.15) is 16.8 Å². The molecule has 1 aromatic carbocycles. The first-order chi connectivity index (χ1) is 9.72. The lowest BCUT2D eigenvalue weighted by molar-refractivity contribution is 0.209. The van der Waals surface area contributed by atoms with Gasteiger partial charge in [-0.1, -0.05) is 18.2 Å². The Hall–Kier alpha value is -2.14. The van der Waals surface area contributed by atoms with E-state index in [-0.39, 0.29) is 0 Å². The molecule has 2 aromatic rings. The standard InChI is InChI=1S/C15H19N3O2/c1-11-12(2)17-18-15(14(11)10-16)20-9-8-19-13-6-4-3-5-7-13/h3-7H,8-10,16H2,1-2H3. The van der Waals surface area contributed by atoms with Crippen LogP contribution in [-0.4, -0.2) is 23.4 Å². The topological polar surface area (TPSA) is 70.3 Å². The number of nitrogens with two attached hydrogens (primary N) is 1. The van der Waals surface area contributed by atoms with Crippen LogP contribution in [0.3, 0.4) is 0 Å². The number of hydrogen-bond donors (Lipinski definition) is 1. The van der Waals surface area contributed by atoms with E-state index in [1.165, 1.54) is 0 Å². The van der Waals surface area contributed by atoms with E-state index in [0.29, 0.717) is 25.6 Å². The first-order valence-electron chi connectivity index (χ1n) is 6.56. The highest BCUT2D eigenvalue weighted by Crippen LogP contribution is 2.19. The van der Waals surface area contributed by atoms with Gasteiger partial charge in [0.1, 0.15) is 19.0 Å². The van der Waals surface area contributed by atoms with Gasteiger partial charge in [0.05, 0.1) is 5.69 Å². The molecule has 0 fully saturated rings. The molecule has 106 valence electrons. The Morgan fingerprint density at radius 2 is 1.70 bits per heavy atom. The summed E-state index contributed by atoms with van der Waals surface area (Å²) in [6.45, 7) is 5.11. The van der Waals surface area contributed by atoms with E-state index >= 15 is 0 Å². The quantitative estimate of drug-likeness (QED) is 0.815. The predicted octanol–water partition coefficient (Wildman–Crippen LogP) is 2.01. The molecule has 0 saturated carbocycles. The number of rotatable bonds is 6. The van der Waals surface area contributed by atoms with Crippen molar-refractivity contribution in [2.24, 2.45) is 5.73 Å². The molecule has 0 spiro atoms. The van der Waals surface area contributed by atoms with Gasteiger partial charge in [-0.25, -0.2) is 0 Å². The predicted molar refractivity (Wildman–Crippen MR) is 76.8 cm³/mol. The minimum atomic E-state index is 0.386. The molecular weight excluding hydrogens is 254 g/mol. The number of ether oxygens (including phenoxy) is 2. The minimum absolute atomic E-state index is 0.386. The molecule has 5 heteroatoms. The lowest BCUT2D eigenvalue weighted by Gasteiger charge is -2.12. The Labute approximate surface area is 118 Å². The van der Waals surface area contributed by atoms with Crippen molar-refractivity contribution < 1.29 is 9.47 Å². The second-order valence-corrected chi connectivity index (χ2v) is 4.41. The number of aromatic nitrogens is 2. The molecule has 0 aliphatic rings. The van der Waals surface area contributed by atoms with Gasteiger partial charge in [-0.2, -0.15) is 5.10 Å². The van der Waals surface area contributed by atoms with E-state index in [2.05, 4.69) is 10.2 Å². The van der Waals surface area contributed by atoms with Crippen molar-refractivity contribution in [3.05, 3.63) is 47.2 Å².